The lowest BCUT2D eigenvalue weighted by Crippen LogP contribution is -2.42. The van der Waals surface area contributed by atoms with Crippen molar-refractivity contribution < 1.29 is 14.0 Å². The molecule has 2 unspecified atom stereocenters. The number of piperidine rings is 1. The van der Waals surface area contributed by atoms with Crippen LogP contribution in [0.2, 0.25) is 0 Å². The van der Waals surface area contributed by atoms with E-state index in [0.29, 0.717) is 16.5 Å². The number of hydrogen-bond acceptors (Lipinski definition) is 3. The lowest BCUT2D eigenvalue weighted by atomic mass is 9.72. The van der Waals surface area contributed by atoms with Crippen molar-refractivity contribution in [3.8, 4) is 0 Å². The van der Waals surface area contributed by atoms with Gasteiger partial charge in [0.25, 0.3) is 11.8 Å². The van der Waals surface area contributed by atoms with E-state index in [-0.39, 0.29) is 22.9 Å². The van der Waals surface area contributed by atoms with E-state index in [0.717, 1.165) is 50.6 Å². The van der Waals surface area contributed by atoms with Crippen LogP contribution in [0.15, 0.2) is 24.3 Å². The zero-order chi connectivity index (χ0) is 23.0. The topological polar surface area (TPSA) is 49.4 Å². The number of fused-ring (bicyclic) bond motifs is 1. The number of benzene rings is 1. The van der Waals surface area contributed by atoms with Crippen molar-refractivity contribution in [3.05, 3.63) is 51.7 Å². The van der Waals surface area contributed by atoms with E-state index < -0.39 is 11.7 Å². The maximum absolute atomic E-state index is 14.2. The number of likely N-dealkylation sites (tertiary alicyclic amines) is 1. The van der Waals surface area contributed by atoms with Crippen LogP contribution in [-0.4, -0.2) is 29.3 Å². The first-order chi connectivity index (χ1) is 15.2. The van der Waals surface area contributed by atoms with Gasteiger partial charge in [-0.1, -0.05) is 32.9 Å². The highest BCUT2D eigenvalue weighted by molar-refractivity contribution is 7.17. The molecule has 1 fully saturated rings. The van der Waals surface area contributed by atoms with Crippen LogP contribution < -0.4 is 5.32 Å². The van der Waals surface area contributed by atoms with Crippen LogP contribution in [0.4, 0.5) is 9.39 Å². The predicted molar refractivity (Wildman–Crippen MR) is 128 cm³/mol. The fourth-order valence-corrected chi connectivity index (χ4v) is 6.31. The molecule has 0 bridgehead atoms. The SMILES string of the molecule is CC1CCCCN1C(=O)c1c(NC(=O)c2ccccc2F)sc2c1CCC(C(C)(C)C)C2. The van der Waals surface area contributed by atoms with Crippen LogP contribution in [0.5, 0.6) is 0 Å². The molecular formula is C26H33FN2O2S. The van der Waals surface area contributed by atoms with Gasteiger partial charge in [-0.2, -0.15) is 0 Å². The number of amides is 2. The first-order valence-electron chi connectivity index (χ1n) is 11.7. The standard InChI is InChI=1S/C26H33FN2O2S/c1-16-9-7-8-14-29(16)25(31)22-19-13-12-17(26(2,3)4)15-21(19)32-24(22)28-23(30)18-10-5-6-11-20(18)27/h5-6,10-11,16-17H,7-9,12-15H2,1-4H3,(H,28,30). The van der Waals surface area contributed by atoms with Crippen molar-refractivity contribution in [2.24, 2.45) is 11.3 Å². The molecule has 1 aromatic heterocycles. The zero-order valence-electron chi connectivity index (χ0n) is 19.5. The summed E-state index contributed by atoms with van der Waals surface area (Å²) >= 11 is 1.50. The van der Waals surface area contributed by atoms with Crippen molar-refractivity contribution in [1.29, 1.82) is 0 Å². The van der Waals surface area contributed by atoms with Crippen molar-refractivity contribution in [3.63, 3.8) is 0 Å². The molecular weight excluding hydrogens is 423 g/mol. The van der Waals surface area contributed by atoms with Gasteiger partial charge in [0.2, 0.25) is 0 Å². The van der Waals surface area contributed by atoms with E-state index in [4.69, 9.17) is 0 Å². The van der Waals surface area contributed by atoms with E-state index in [1.165, 1.54) is 28.3 Å². The summed E-state index contributed by atoms with van der Waals surface area (Å²) in [5.41, 5.74) is 1.90. The molecule has 6 heteroatoms. The van der Waals surface area contributed by atoms with Gasteiger partial charge >= 0.3 is 0 Å². The molecule has 0 spiro atoms. The molecule has 2 aromatic rings. The smallest absolute Gasteiger partial charge is 0.259 e. The Morgan fingerprint density at radius 1 is 1.16 bits per heavy atom. The van der Waals surface area contributed by atoms with Gasteiger partial charge in [0.15, 0.2) is 0 Å². The molecule has 4 rings (SSSR count). The van der Waals surface area contributed by atoms with Crippen LogP contribution >= 0.6 is 11.3 Å². The first-order valence-corrected chi connectivity index (χ1v) is 12.5. The van der Waals surface area contributed by atoms with Crippen molar-refractivity contribution in [2.75, 3.05) is 11.9 Å². The van der Waals surface area contributed by atoms with Crippen LogP contribution in [0, 0.1) is 17.2 Å². The van der Waals surface area contributed by atoms with Gasteiger partial charge in [0.05, 0.1) is 11.1 Å². The summed E-state index contributed by atoms with van der Waals surface area (Å²) in [6, 6.07) is 6.15. The Balaban J connectivity index is 1.71. The third-order valence-corrected chi connectivity index (χ3v) is 8.28. The summed E-state index contributed by atoms with van der Waals surface area (Å²) in [4.78, 5) is 29.8. The van der Waals surface area contributed by atoms with Crippen molar-refractivity contribution in [2.45, 2.75) is 72.3 Å². The molecule has 1 aliphatic carbocycles. The summed E-state index contributed by atoms with van der Waals surface area (Å²) in [5, 5.41) is 3.48. The molecule has 1 saturated heterocycles. The van der Waals surface area contributed by atoms with Gasteiger partial charge in [-0.3, -0.25) is 9.59 Å². The third-order valence-electron chi connectivity index (χ3n) is 7.11. The molecule has 1 N–H and O–H groups in total. The lowest BCUT2D eigenvalue weighted by molar-refractivity contribution is 0.0635. The Morgan fingerprint density at radius 3 is 2.59 bits per heavy atom. The summed E-state index contributed by atoms with van der Waals surface area (Å²) in [7, 11) is 0. The highest BCUT2D eigenvalue weighted by Gasteiger charge is 2.36. The third kappa shape index (κ3) is 4.47. The molecule has 2 atom stereocenters. The molecule has 0 saturated carbocycles. The van der Waals surface area contributed by atoms with Crippen molar-refractivity contribution in [1.82, 2.24) is 4.90 Å². The van der Waals surface area contributed by atoms with Crippen LogP contribution in [0.3, 0.4) is 0 Å². The lowest BCUT2D eigenvalue weighted by Gasteiger charge is -2.35. The fourth-order valence-electron chi connectivity index (χ4n) is 5.00. The molecule has 2 aliphatic rings. The second kappa shape index (κ2) is 8.97. The van der Waals surface area contributed by atoms with E-state index >= 15 is 0 Å². The highest BCUT2D eigenvalue weighted by Crippen LogP contribution is 2.45. The fraction of sp³-hybridized carbons (Fsp3) is 0.538. The molecule has 172 valence electrons. The maximum Gasteiger partial charge on any atom is 0.259 e. The number of rotatable bonds is 3. The minimum atomic E-state index is -0.559. The van der Waals surface area contributed by atoms with Crippen molar-refractivity contribution >= 4 is 28.2 Å². The molecule has 32 heavy (non-hydrogen) atoms. The molecule has 0 radical (unpaired) electrons. The Kier molecular flexibility index (Phi) is 6.44. The maximum atomic E-state index is 14.2. The number of hydrogen-bond donors (Lipinski definition) is 1. The number of anilines is 1. The number of thiophene rings is 1. The van der Waals surface area contributed by atoms with Gasteiger partial charge < -0.3 is 10.2 Å². The number of halogens is 1. The summed E-state index contributed by atoms with van der Waals surface area (Å²) in [5.74, 6) is -0.528. The van der Waals surface area contributed by atoms with Gasteiger partial charge in [0.1, 0.15) is 10.8 Å². The summed E-state index contributed by atoms with van der Waals surface area (Å²) < 4.78 is 14.2. The monoisotopic (exact) mass is 456 g/mol. The molecule has 2 heterocycles. The quantitative estimate of drug-likeness (QED) is 0.589. The minimum Gasteiger partial charge on any atom is -0.336 e. The van der Waals surface area contributed by atoms with Crippen LogP contribution in [-0.2, 0) is 12.8 Å². The first kappa shape index (κ1) is 23.0. The Bertz CT molecular complexity index is 1020. The van der Waals surface area contributed by atoms with E-state index in [2.05, 4.69) is 33.0 Å². The second-order valence-electron chi connectivity index (χ2n) is 10.3. The number of carbonyl (C=O) groups is 2. The Morgan fingerprint density at radius 2 is 1.91 bits per heavy atom. The zero-order valence-corrected chi connectivity index (χ0v) is 20.3. The second-order valence-corrected chi connectivity index (χ2v) is 11.4. The molecule has 4 nitrogen and oxygen atoms in total. The van der Waals surface area contributed by atoms with Gasteiger partial charge in [0, 0.05) is 17.5 Å². The number of nitrogens with one attached hydrogen (secondary N) is 1. The average molecular weight is 457 g/mol. The van der Waals surface area contributed by atoms with E-state index in [1.54, 1.807) is 12.1 Å². The number of carbonyl (C=O) groups excluding carboxylic acids is 2. The molecule has 1 aliphatic heterocycles. The highest BCUT2D eigenvalue weighted by atomic mass is 32.1. The Hall–Kier alpha value is -2.21. The predicted octanol–water partition coefficient (Wildman–Crippen LogP) is 6.31. The van der Waals surface area contributed by atoms with Crippen LogP contribution in [0.1, 0.15) is 84.5 Å². The molecule has 1 aromatic carbocycles. The van der Waals surface area contributed by atoms with Crippen LogP contribution in [0.25, 0.3) is 0 Å². The van der Waals surface area contributed by atoms with E-state index in [1.807, 2.05) is 4.90 Å². The average Bonchev–Trinajstić information content (AvgIpc) is 3.10. The minimum absolute atomic E-state index is 0.00354. The number of nitrogens with zero attached hydrogens (tertiary/aromatic N) is 1. The van der Waals surface area contributed by atoms with Gasteiger partial charge in [-0.25, -0.2) is 4.39 Å². The summed E-state index contributed by atoms with van der Waals surface area (Å²) in [6.45, 7) is 9.63. The van der Waals surface area contributed by atoms with Gasteiger partial charge in [-0.15, -0.1) is 11.3 Å². The van der Waals surface area contributed by atoms with Gasteiger partial charge in [-0.05, 0) is 74.5 Å². The largest absolute Gasteiger partial charge is 0.336 e. The Labute approximate surface area is 194 Å². The normalized spacial score (nSPS) is 21.2. The summed E-state index contributed by atoms with van der Waals surface area (Å²) in [6.07, 6.45) is 5.93. The van der Waals surface area contributed by atoms with E-state index in [9.17, 15) is 14.0 Å². The molecule has 2 amide bonds.